The van der Waals surface area contributed by atoms with Crippen molar-refractivity contribution in [1.82, 2.24) is 0 Å². The van der Waals surface area contributed by atoms with Gasteiger partial charge in [0.25, 0.3) is 20.0 Å². The van der Waals surface area contributed by atoms with Crippen LogP contribution in [0, 0.1) is 13.8 Å². The zero-order valence-electron chi connectivity index (χ0n) is 24.5. The average molecular weight is 642 g/mol. The first-order chi connectivity index (χ1) is 21.5. The van der Waals surface area contributed by atoms with Gasteiger partial charge in [0, 0.05) is 11.4 Å². The summed E-state index contributed by atoms with van der Waals surface area (Å²) in [7, 11) is -8.01. The van der Waals surface area contributed by atoms with Gasteiger partial charge in [-0.3, -0.25) is 13.8 Å². The fraction of sp³-hybridized carbons (Fsp3) is 0.0882. The molecule has 5 aromatic carbocycles. The Morgan fingerprint density at radius 1 is 0.644 bits per heavy atom. The second-order valence-corrected chi connectivity index (χ2v) is 13.8. The Morgan fingerprint density at radius 3 is 1.84 bits per heavy atom. The van der Waals surface area contributed by atoms with Gasteiger partial charge in [-0.15, -0.1) is 0 Å². The molecular weight excluding hydrogens is 611 g/mol. The van der Waals surface area contributed by atoms with Crippen molar-refractivity contribution in [2.24, 2.45) is 0 Å². The second kappa shape index (κ2) is 13.2. The van der Waals surface area contributed by atoms with Crippen molar-refractivity contribution in [3.63, 3.8) is 0 Å². The average Bonchev–Trinajstić information content (AvgIpc) is 3.03. The number of benzene rings is 5. The number of nitrogens with one attached hydrogen (secondary N) is 2. The van der Waals surface area contributed by atoms with Crippen LogP contribution < -0.4 is 19.1 Å². The monoisotopic (exact) mass is 641 g/mol. The lowest BCUT2D eigenvalue weighted by atomic mass is 10.1. The van der Waals surface area contributed by atoms with Crippen LogP contribution in [0.25, 0.3) is 0 Å². The fourth-order valence-corrected chi connectivity index (χ4v) is 6.90. The Morgan fingerprint density at radius 2 is 1.22 bits per heavy atom. The van der Waals surface area contributed by atoms with Gasteiger partial charge in [0.2, 0.25) is 5.91 Å². The van der Waals surface area contributed by atoms with E-state index < -0.39 is 32.5 Å². The van der Waals surface area contributed by atoms with E-state index in [4.69, 9.17) is 4.74 Å². The number of hydrogen-bond acceptors (Lipinski definition) is 6. The van der Waals surface area contributed by atoms with Gasteiger partial charge in [-0.25, -0.2) is 16.8 Å². The summed E-state index contributed by atoms with van der Waals surface area (Å²) in [5, 5.41) is 2.67. The maximum Gasteiger partial charge on any atom is 0.264 e. The normalized spacial score (nSPS) is 11.4. The number of carbonyl (C=O) groups is 1. The summed E-state index contributed by atoms with van der Waals surface area (Å²) < 4.78 is 62.6. The van der Waals surface area contributed by atoms with Gasteiger partial charge in [0.05, 0.1) is 15.5 Å². The highest BCUT2D eigenvalue weighted by molar-refractivity contribution is 7.93. The van der Waals surface area contributed by atoms with Crippen molar-refractivity contribution in [2.75, 3.05) is 20.9 Å². The topological polar surface area (TPSA) is 122 Å². The van der Waals surface area contributed by atoms with Crippen LogP contribution in [0.3, 0.4) is 0 Å². The van der Waals surface area contributed by atoms with Crippen LogP contribution >= 0.6 is 0 Å². The molecule has 0 bridgehead atoms. The molecule has 230 valence electrons. The molecule has 0 saturated carbocycles. The molecule has 1 amide bonds. The Balaban J connectivity index is 1.33. The summed E-state index contributed by atoms with van der Waals surface area (Å²) in [6.07, 6.45) is 0. The predicted octanol–water partition coefficient (Wildman–Crippen LogP) is 6.73. The number of hydrogen-bond donors (Lipinski definition) is 2. The summed E-state index contributed by atoms with van der Waals surface area (Å²) in [5.41, 5.74) is 2.99. The molecule has 45 heavy (non-hydrogen) atoms. The molecule has 0 atom stereocenters. The highest BCUT2D eigenvalue weighted by Gasteiger charge is 2.27. The van der Waals surface area contributed by atoms with Gasteiger partial charge >= 0.3 is 0 Å². The third-order valence-corrected chi connectivity index (χ3v) is 10.1. The Hall–Kier alpha value is -5.13. The van der Waals surface area contributed by atoms with Crippen LogP contribution in [0.15, 0.2) is 137 Å². The van der Waals surface area contributed by atoms with Gasteiger partial charge in [-0.05, 0) is 110 Å². The van der Waals surface area contributed by atoms with Gasteiger partial charge < -0.3 is 10.1 Å². The summed E-state index contributed by atoms with van der Waals surface area (Å²) in [4.78, 5) is 13.2. The molecular formula is C34H31N3O6S2. The molecule has 5 rings (SSSR count). The fourth-order valence-electron chi connectivity index (χ4n) is 4.41. The number of nitrogens with zero attached hydrogens (tertiary/aromatic N) is 1. The summed E-state index contributed by atoms with van der Waals surface area (Å²) in [6.45, 7) is 3.30. The van der Waals surface area contributed by atoms with Gasteiger partial charge in [0.15, 0.2) is 0 Å². The van der Waals surface area contributed by atoms with E-state index in [1.54, 1.807) is 66.7 Å². The molecule has 0 radical (unpaired) electrons. The lowest BCUT2D eigenvalue weighted by Crippen LogP contribution is -2.38. The van der Waals surface area contributed by atoms with Gasteiger partial charge in [-0.2, -0.15) is 0 Å². The zero-order chi connectivity index (χ0) is 32.0. The van der Waals surface area contributed by atoms with Crippen LogP contribution in [0.2, 0.25) is 0 Å². The molecule has 0 spiro atoms. The molecule has 0 fully saturated rings. The van der Waals surface area contributed by atoms with E-state index in [2.05, 4.69) is 10.0 Å². The van der Waals surface area contributed by atoms with Crippen molar-refractivity contribution < 1.29 is 26.4 Å². The number of rotatable bonds is 11. The van der Waals surface area contributed by atoms with Crippen LogP contribution in [-0.2, 0) is 24.8 Å². The van der Waals surface area contributed by atoms with Crippen LogP contribution in [0.1, 0.15) is 11.1 Å². The van der Waals surface area contributed by atoms with Crippen molar-refractivity contribution >= 4 is 43.0 Å². The van der Waals surface area contributed by atoms with E-state index in [1.165, 1.54) is 36.4 Å². The van der Waals surface area contributed by atoms with E-state index in [0.29, 0.717) is 22.9 Å². The minimum absolute atomic E-state index is 0.00446. The maximum absolute atomic E-state index is 13.7. The van der Waals surface area contributed by atoms with E-state index >= 15 is 0 Å². The number of sulfonamides is 2. The van der Waals surface area contributed by atoms with E-state index in [9.17, 15) is 21.6 Å². The Bertz CT molecular complexity index is 2000. The third-order valence-electron chi connectivity index (χ3n) is 6.93. The van der Waals surface area contributed by atoms with Crippen molar-refractivity contribution in [3.8, 4) is 11.5 Å². The Kier molecular flexibility index (Phi) is 9.21. The molecule has 0 saturated heterocycles. The second-order valence-electron chi connectivity index (χ2n) is 10.2. The standard InChI is InChI=1S/C34H31N3O6S2/c1-25-13-14-28(23-26(25)2)36-44(39,40)32-21-15-27(16-22-32)35-34(38)24-37(45(41,42)33-11-7-4-8-12-33)29-17-19-31(20-18-29)43-30-9-5-3-6-10-30/h3-23,36H,24H2,1-2H3,(H,35,38). The number of anilines is 3. The maximum atomic E-state index is 13.7. The lowest BCUT2D eigenvalue weighted by Gasteiger charge is -2.24. The van der Waals surface area contributed by atoms with Crippen molar-refractivity contribution in [3.05, 3.63) is 139 Å². The molecule has 5 aromatic rings. The summed E-state index contributed by atoms with van der Waals surface area (Å²) in [6, 6.07) is 34.2. The largest absolute Gasteiger partial charge is 0.457 e. The minimum atomic E-state index is -4.13. The first-order valence-electron chi connectivity index (χ1n) is 13.9. The first kappa shape index (κ1) is 31.3. The van der Waals surface area contributed by atoms with Gasteiger partial charge in [-0.1, -0.05) is 42.5 Å². The highest BCUT2D eigenvalue weighted by atomic mass is 32.2. The lowest BCUT2D eigenvalue weighted by molar-refractivity contribution is -0.114. The molecule has 0 aliphatic heterocycles. The molecule has 9 nitrogen and oxygen atoms in total. The zero-order valence-corrected chi connectivity index (χ0v) is 26.2. The smallest absolute Gasteiger partial charge is 0.264 e. The highest BCUT2D eigenvalue weighted by Crippen LogP contribution is 2.28. The third kappa shape index (κ3) is 7.69. The number of carbonyl (C=O) groups excluding carboxylic acids is 1. The van der Waals surface area contributed by atoms with E-state index in [1.807, 2.05) is 38.1 Å². The van der Waals surface area contributed by atoms with E-state index in [-0.39, 0.29) is 15.5 Å². The molecule has 0 heterocycles. The number of amides is 1. The molecule has 0 unspecified atom stereocenters. The SMILES string of the molecule is Cc1ccc(NS(=O)(=O)c2ccc(NC(=O)CN(c3ccc(Oc4ccccc4)cc3)S(=O)(=O)c3ccccc3)cc2)cc1C. The van der Waals surface area contributed by atoms with Gasteiger partial charge in [0.1, 0.15) is 18.0 Å². The first-order valence-corrected chi connectivity index (χ1v) is 16.8. The summed E-state index contributed by atoms with van der Waals surface area (Å²) in [5.74, 6) is 0.495. The minimum Gasteiger partial charge on any atom is -0.457 e. The molecule has 11 heteroatoms. The molecule has 2 N–H and O–H groups in total. The van der Waals surface area contributed by atoms with E-state index in [0.717, 1.165) is 15.4 Å². The molecule has 0 aliphatic rings. The van der Waals surface area contributed by atoms with Crippen molar-refractivity contribution in [1.29, 1.82) is 0 Å². The van der Waals surface area contributed by atoms with Crippen molar-refractivity contribution in [2.45, 2.75) is 23.6 Å². The molecule has 0 aliphatic carbocycles. The van der Waals surface area contributed by atoms with Crippen LogP contribution in [-0.4, -0.2) is 29.3 Å². The number of para-hydroxylation sites is 1. The Labute approximate surface area is 263 Å². The number of aryl methyl sites for hydroxylation is 2. The predicted molar refractivity (Wildman–Crippen MR) is 176 cm³/mol. The van der Waals surface area contributed by atoms with Crippen LogP contribution in [0.5, 0.6) is 11.5 Å². The quantitative estimate of drug-likeness (QED) is 0.165. The number of ether oxygens (including phenoxy) is 1. The molecule has 0 aromatic heterocycles. The summed E-state index contributed by atoms with van der Waals surface area (Å²) >= 11 is 0. The van der Waals surface area contributed by atoms with Crippen LogP contribution in [0.4, 0.5) is 17.1 Å².